The van der Waals surface area contributed by atoms with Crippen LogP contribution in [0, 0.1) is 0 Å². The van der Waals surface area contributed by atoms with Crippen molar-refractivity contribution in [1.29, 1.82) is 0 Å². The van der Waals surface area contributed by atoms with E-state index in [9.17, 15) is 4.79 Å². The number of amides is 1. The second kappa shape index (κ2) is 7.63. The fraction of sp³-hybridized carbons (Fsp3) is 0.353. The predicted octanol–water partition coefficient (Wildman–Crippen LogP) is 2.23. The zero-order valence-corrected chi connectivity index (χ0v) is 13.5. The minimum Gasteiger partial charge on any atom is -0.370 e. The summed E-state index contributed by atoms with van der Waals surface area (Å²) in [5, 5.41) is 6.44. The molecule has 0 saturated carbocycles. The van der Waals surface area contributed by atoms with Crippen LogP contribution in [-0.2, 0) is 4.79 Å². The summed E-state index contributed by atoms with van der Waals surface area (Å²) < 4.78 is 0. The summed E-state index contributed by atoms with van der Waals surface area (Å²) >= 11 is 0. The first kappa shape index (κ1) is 16.0. The lowest BCUT2D eigenvalue weighted by Crippen LogP contribution is -2.27. The van der Waals surface area contributed by atoms with Crippen LogP contribution in [0.15, 0.2) is 36.4 Å². The quantitative estimate of drug-likeness (QED) is 0.675. The van der Waals surface area contributed by atoms with E-state index in [2.05, 4.69) is 20.6 Å². The molecule has 0 radical (unpaired) electrons. The zero-order valence-electron chi connectivity index (χ0n) is 13.5. The second-order valence-electron chi connectivity index (χ2n) is 5.75. The maximum absolute atomic E-state index is 11.6. The Morgan fingerprint density at radius 2 is 1.96 bits per heavy atom. The number of hydrogen-bond acceptors (Lipinski definition) is 6. The van der Waals surface area contributed by atoms with Crippen LogP contribution in [0.25, 0.3) is 0 Å². The van der Waals surface area contributed by atoms with Gasteiger partial charge in [0.05, 0.1) is 0 Å². The van der Waals surface area contributed by atoms with Crippen LogP contribution in [0.1, 0.15) is 19.3 Å². The molecule has 4 N–H and O–H groups in total. The Labute approximate surface area is 141 Å². The molecule has 0 unspecified atom stereocenters. The molecule has 0 aliphatic carbocycles. The van der Waals surface area contributed by atoms with Gasteiger partial charge in [-0.3, -0.25) is 4.79 Å². The molecule has 24 heavy (non-hydrogen) atoms. The van der Waals surface area contributed by atoms with Gasteiger partial charge in [-0.15, -0.1) is 0 Å². The van der Waals surface area contributed by atoms with E-state index in [4.69, 9.17) is 5.73 Å². The fourth-order valence-electron chi connectivity index (χ4n) is 2.72. The van der Waals surface area contributed by atoms with Crippen LogP contribution in [0.2, 0.25) is 0 Å². The van der Waals surface area contributed by atoms with Gasteiger partial charge in [-0.05, 0) is 25.0 Å². The van der Waals surface area contributed by atoms with Crippen molar-refractivity contribution in [1.82, 2.24) is 14.9 Å². The molecule has 1 aliphatic rings. The normalized spacial score (nSPS) is 14.0. The molecule has 0 atom stereocenters. The summed E-state index contributed by atoms with van der Waals surface area (Å²) in [6.45, 7) is 2.39. The number of nitrogens with two attached hydrogens (primary N) is 1. The maximum atomic E-state index is 11.6. The van der Waals surface area contributed by atoms with E-state index in [0.29, 0.717) is 18.1 Å². The van der Waals surface area contributed by atoms with E-state index in [1.54, 1.807) is 0 Å². The summed E-state index contributed by atoms with van der Waals surface area (Å²) in [5.74, 6) is 1.79. The fourth-order valence-corrected chi connectivity index (χ4v) is 2.72. The Morgan fingerprint density at radius 1 is 1.17 bits per heavy atom. The van der Waals surface area contributed by atoms with Crippen LogP contribution in [0.5, 0.6) is 0 Å². The van der Waals surface area contributed by atoms with Gasteiger partial charge in [-0.1, -0.05) is 18.2 Å². The average Bonchev–Trinajstić information content (AvgIpc) is 2.97. The number of hydrogen-bond donors (Lipinski definition) is 3. The molecule has 1 aliphatic heterocycles. The second-order valence-corrected chi connectivity index (χ2v) is 5.75. The molecular weight excluding hydrogens is 304 g/mol. The van der Waals surface area contributed by atoms with Gasteiger partial charge >= 0.3 is 0 Å². The standard InChI is InChI=1S/C17H22N6O/c18-17-21-14(19-9-5-11-23-10-4-8-16(23)24)12-15(22-17)20-13-6-2-1-3-7-13/h1-3,6-7,12H,4-5,8-11H2,(H4,18,19,20,21,22). The lowest BCUT2D eigenvalue weighted by Gasteiger charge is -2.15. The molecule has 126 valence electrons. The first-order valence-corrected chi connectivity index (χ1v) is 8.19. The molecule has 7 nitrogen and oxygen atoms in total. The first-order chi connectivity index (χ1) is 11.7. The average molecular weight is 326 g/mol. The van der Waals surface area contributed by atoms with E-state index >= 15 is 0 Å². The number of para-hydroxylation sites is 1. The maximum Gasteiger partial charge on any atom is 0.223 e. The van der Waals surface area contributed by atoms with Crippen molar-refractivity contribution in [3.8, 4) is 0 Å². The molecule has 1 saturated heterocycles. The van der Waals surface area contributed by atoms with Crippen LogP contribution in [0.3, 0.4) is 0 Å². The molecule has 1 aromatic heterocycles. The third-order valence-corrected chi connectivity index (χ3v) is 3.87. The topological polar surface area (TPSA) is 96.2 Å². The van der Waals surface area contributed by atoms with E-state index in [-0.39, 0.29) is 11.9 Å². The number of anilines is 4. The van der Waals surface area contributed by atoms with E-state index in [1.165, 1.54) is 0 Å². The molecule has 0 spiro atoms. The largest absolute Gasteiger partial charge is 0.370 e. The van der Waals surface area contributed by atoms with E-state index in [1.807, 2.05) is 41.3 Å². The van der Waals surface area contributed by atoms with Gasteiger partial charge in [0.2, 0.25) is 11.9 Å². The highest BCUT2D eigenvalue weighted by atomic mass is 16.2. The van der Waals surface area contributed by atoms with Crippen molar-refractivity contribution < 1.29 is 4.79 Å². The van der Waals surface area contributed by atoms with Crippen molar-refractivity contribution in [3.63, 3.8) is 0 Å². The predicted molar refractivity (Wildman–Crippen MR) is 95.1 cm³/mol. The molecule has 2 aromatic rings. The number of benzene rings is 1. The molecule has 2 heterocycles. The molecule has 7 heteroatoms. The smallest absolute Gasteiger partial charge is 0.223 e. The number of likely N-dealkylation sites (tertiary alicyclic amines) is 1. The highest BCUT2D eigenvalue weighted by molar-refractivity contribution is 5.78. The molecule has 1 amide bonds. The van der Waals surface area contributed by atoms with Crippen LogP contribution in [0.4, 0.5) is 23.3 Å². The minimum absolute atomic E-state index is 0.216. The molecule has 3 rings (SSSR count). The van der Waals surface area contributed by atoms with Crippen LogP contribution >= 0.6 is 0 Å². The van der Waals surface area contributed by atoms with Crippen LogP contribution in [-0.4, -0.2) is 40.4 Å². The number of nitrogen functional groups attached to an aromatic ring is 1. The van der Waals surface area contributed by atoms with Gasteiger partial charge in [-0.2, -0.15) is 9.97 Å². The first-order valence-electron chi connectivity index (χ1n) is 8.19. The molecular formula is C17H22N6O. The van der Waals surface area contributed by atoms with Crippen molar-refractivity contribution in [2.45, 2.75) is 19.3 Å². The number of aromatic nitrogens is 2. The monoisotopic (exact) mass is 326 g/mol. The van der Waals surface area contributed by atoms with Crippen LogP contribution < -0.4 is 16.4 Å². The molecule has 1 aromatic carbocycles. The lowest BCUT2D eigenvalue weighted by molar-refractivity contribution is -0.127. The van der Waals surface area contributed by atoms with Gasteiger partial charge in [0, 0.05) is 37.8 Å². The summed E-state index contributed by atoms with van der Waals surface area (Å²) in [7, 11) is 0. The van der Waals surface area contributed by atoms with Crippen molar-refractivity contribution in [3.05, 3.63) is 36.4 Å². The number of nitrogens with zero attached hydrogens (tertiary/aromatic N) is 3. The van der Waals surface area contributed by atoms with Crippen molar-refractivity contribution >= 4 is 29.2 Å². The van der Waals surface area contributed by atoms with E-state index in [0.717, 1.165) is 38.2 Å². The molecule has 0 bridgehead atoms. The van der Waals surface area contributed by atoms with Gasteiger partial charge in [0.15, 0.2) is 0 Å². The number of carbonyl (C=O) groups excluding carboxylic acids is 1. The zero-order chi connectivity index (χ0) is 16.8. The summed E-state index contributed by atoms with van der Waals surface area (Å²) in [4.78, 5) is 21.9. The third-order valence-electron chi connectivity index (χ3n) is 3.87. The summed E-state index contributed by atoms with van der Waals surface area (Å²) in [6, 6.07) is 11.6. The number of carbonyl (C=O) groups is 1. The van der Waals surface area contributed by atoms with Gasteiger partial charge in [0.1, 0.15) is 11.6 Å². The SMILES string of the molecule is Nc1nc(NCCCN2CCCC2=O)cc(Nc2ccccc2)n1. The van der Waals surface area contributed by atoms with Gasteiger partial charge < -0.3 is 21.3 Å². The Morgan fingerprint density at radius 3 is 2.71 bits per heavy atom. The van der Waals surface area contributed by atoms with Crippen molar-refractivity contribution in [2.24, 2.45) is 0 Å². The number of rotatable bonds is 7. The number of nitrogens with one attached hydrogen (secondary N) is 2. The summed E-state index contributed by atoms with van der Waals surface area (Å²) in [5.41, 5.74) is 6.72. The highest BCUT2D eigenvalue weighted by Crippen LogP contribution is 2.18. The van der Waals surface area contributed by atoms with Gasteiger partial charge in [0.25, 0.3) is 0 Å². The Bertz CT molecular complexity index is 691. The highest BCUT2D eigenvalue weighted by Gasteiger charge is 2.18. The Balaban J connectivity index is 1.52. The Hall–Kier alpha value is -2.83. The third kappa shape index (κ3) is 4.34. The Kier molecular flexibility index (Phi) is 5.10. The van der Waals surface area contributed by atoms with E-state index < -0.39 is 0 Å². The van der Waals surface area contributed by atoms with Gasteiger partial charge in [-0.25, -0.2) is 0 Å². The summed E-state index contributed by atoms with van der Waals surface area (Å²) in [6.07, 6.45) is 2.53. The lowest BCUT2D eigenvalue weighted by atomic mass is 10.3. The van der Waals surface area contributed by atoms with Crippen molar-refractivity contribution in [2.75, 3.05) is 36.0 Å². The molecule has 1 fully saturated rings. The minimum atomic E-state index is 0.216.